The third-order valence-corrected chi connectivity index (χ3v) is 4.33. The molecule has 2 atom stereocenters. The van der Waals surface area contributed by atoms with Crippen LogP contribution in [0.25, 0.3) is 0 Å². The lowest BCUT2D eigenvalue weighted by Gasteiger charge is -2.18. The van der Waals surface area contributed by atoms with Gasteiger partial charge in [-0.1, -0.05) is 37.0 Å². The Balaban J connectivity index is 2.01. The maximum atomic E-state index is 6.22. The number of hydrogen-bond acceptors (Lipinski definition) is 4. The fraction of sp³-hybridized carbons (Fsp3) is 0.667. The highest BCUT2D eigenvalue weighted by Crippen LogP contribution is 2.30. The fourth-order valence-corrected chi connectivity index (χ4v) is 3.06. The van der Waals surface area contributed by atoms with E-state index < -0.39 is 0 Å². The van der Waals surface area contributed by atoms with Crippen molar-refractivity contribution >= 4 is 34.8 Å². The van der Waals surface area contributed by atoms with Gasteiger partial charge in [0.1, 0.15) is 11.6 Å². The molecule has 2 N–H and O–H groups in total. The van der Waals surface area contributed by atoms with E-state index in [1.165, 1.54) is 0 Å². The first kappa shape index (κ1) is 16.7. The lowest BCUT2D eigenvalue weighted by molar-refractivity contribution is 0.0900. The van der Waals surface area contributed by atoms with Crippen LogP contribution in [0.4, 0.5) is 11.6 Å². The normalized spacial score (nSPS) is 21.5. The van der Waals surface area contributed by atoms with Crippen molar-refractivity contribution in [2.75, 3.05) is 30.3 Å². The van der Waals surface area contributed by atoms with Crippen molar-refractivity contribution in [2.45, 2.75) is 39.2 Å². The van der Waals surface area contributed by atoms with Crippen molar-refractivity contribution in [2.24, 2.45) is 5.92 Å². The highest BCUT2D eigenvalue weighted by molar-refractivity contribution is 6.37. The molecule has 21 heavy (non-hydrogen) atoms. The monoisotopic (exact) mass is 331 g/mol. The average molecular weight is 332 g/mol. The van der Waals surface area contributed by atoms with Crippen molar-refractivity contribution < 1.29 is 4.74 Å². The Kier molecular flexibility index (Phi) is 6.40. The van der Waals surface area contributed by atoms with E-state index in [1.807, 2.05) is 0 Å². The molecule has 0 amide bonds. The molecule has 0 radical (unpaired) electrons. The molecule has 2 unspecified atom stereocenters. The quantitative estimate of drug-likeness (QED) is 0.775. The van der Waals surface area contributed by atoms with Gasteiger partial charge < -0.3 is 15.4 Å². The maximum absolute atomic E-state index is 6.22. The van der Waals surface area contributed by atoms with E-state index in [2.05, 4.69) is 29.5 Å². The van der Waals surface area contributed by atoms with E-state index in [1.54, 1.807) is 6.07 Å². The number of nitrogens with zero attached hydrogens (tertiary/aromatic N) is 1. The lowest BCUT2D eigenvalue weighted by Crippen LogP contribution is -2.23. The van der Waals surface area contributed by atoms with Gasteiger partial charge in [-0.3, -0.25) is 0 Å². The van der Waals surface area contributed by atoms with Gasteiger partial charge in [0, 0.05) is 25.6 Å². The molecule has 1 aliphatic rings. The summed E-state index contributed by atoms with van der Waals surface area (Å²) >= 11 is 12.4. The Hall–Kier alpha value is -0.710. The Morgan fingerprint density at radius 1 is 1.24 bits per heavy atom. The molecular weight excluding hydrogens is 309 g/mol. The van der Waals surface area contributed by atoms with Gasteiger partial charge >= 0.3 is 0 Å². The van der Waals surface area contributed by atoms with Crippen molar-refractivity contribution in [1.82, 2.24) is 4.98 Å². The van der Waals surface area contributed by atoms with E-state index in [-0.39, 0.29) is 0 Å². The summed E-state index contributed by atoms with van der Waals surface area (Å²) < 4.78 is 5.70. The molecule has 1 aromatic heterocycles. The molecular formula is C15H23Cl2N3O. The predicted octanol–water partition coefficient (Wildman–Crippen LogP) is 4.44. The van der Waals surface area contributed by atoms with Crippen molar-refractivity contribution in [3.8, 4) is 0 Å². The zero-order valence-electron chi connectivity index (χ0n) is 12.6. The summed E-state index contributed by atoms with van der Waals surface area (Å²) in [5.41, 5.74) is 0. The molecule has 0 aromatic carbocycles. The highest BCUT2D eigenvalue weighted by atomic mass is 35.5. The molecule has 118 valence electrons. The van der Waals surface area contributed by atoms with E-state index in [9.17, 15) is 0 Å². The van der Waals surface area contributed by atoms with Gasteiger partial charge in [0.2, 0.25) is 0 Å². The van der Waals surface area contributed by atoms with Gasteiger partial charge in [0.05, 0.1) is 16.1 Å². The Labute approximate surface area is 136 Å². The van der Waals surface area contributed by atoms with E-state index >= 15 is 0 Å². The second-order valence-corrected chi connectivity index (χ2v) is 6.14. The smallest absolute Gasteiger partial charge is 0.147 e. The minimum Gasteiger partial charge on any atom is -0.378 e. The first-order valence-electron chi connectivity index (χ1n) is 7.61. The second kappa shape index (κ2) is 8.06. The van der Waals surface area contributed by atoms with E-state index in [0.717, 1.165) is 39.0 Å². The van der Waals surface area contributed by atoms with Crippen LogP contribution >= 0.6 is 23.2 Å². The van der Waals surface area contributed by atoms with Crippen LogP contribution in [-0.2, 0) is 4.74 Å². The van der Waals surface area contributed by atoms with Crippen LogP contribution in [0.15, 0.2) is 6.07 Å². The molecule has 1 fully saturated rings. The zero-order valence-corrected chi connectivity index (χ0v) is 14.1. The van der Waals surface area contributed by atoms with Crippen LogP contribution in [0, 0.1) is 5.92 Å². The standard InChI is InChI=1S/C15H23Cl2N3O/c1-3-6-18-14-11(16)8-12(17)15(20-14)19-9-10-5-7-21-13(10)4-2/h8,10,13H,3-7,9H2,1-2H3,(H2,18,19,20). The van der Waals surface area contributed by atoms with Crippen molar-refractivity contribution in [3.05, 3.63) is 16.1 Å². The molecule has 2 rings (SSSR count). The van der Waals surface area contributed by atoms with Crippen LogP contribution in [0.3, 0.4) is 0 Å². The molecule has 1 aliphatic heterocycles. The van der Waals surface area contributed by atoms with E-state index in [0.29, 0.717) is 33.7 Å². The molecule has 0 bridgehead atoms. The van der Waals surface area contributed by atoms with Crippen LogP contribution < -0.4 is 10.6 Å². The summed E-state index contributed by atoms with van der Waals surface area (Å²) in [4.78, 5) is 4.49. The molecule has 2 heterocycles. The number of aromatic nitrogens is 1. The molecule has 1 saturated heterocycles. The van der Waals surface area contributed by atoms with E-state index in [4.69, 9.17) is 27.9 Å². The van der Waals surface area contributed by atoms with Crippen LogP contribution in [-0.4, -0.2) is 30.8 Å². The van der Waals surface area contributed by atoms with Crippen LogP contribution in [0.5, 0.6) is 0 Å². The topological polar surface area (TPSA) is 46.2 Å². The number of rotatable bonds is 7. The van der Waals surface area contributed by atoms with Gasteiger partial charge in [0.25, 0.3) is 0 Å². The third-order valence-electron chi connectivity index (χ3n) is 3.75. The average Bonchev–Trinajstić information content (AvgIpc) is 2.93. The highest BCUT2D eigenvalue weighted by Gasteiger charge is 2.26. The number of nitrogens with one attached hydrogen (secondary N) is 2. The van der Waals surface area contributed by atoms with Crippen molar-refractivity contribution in [1.29, 1.82) is 0 Å². The Morgan fingerprint density at radius 2 is 1.95 bits per heavy atom. The van der Waals surface area contributed by atoms with Gasteiger partial charge in [-0.05, 0) is 25.3 Å². The third kappa shape index (κ3) is 4.38. The zero-order chi connectivity index (χ0) is 15.2. The minimum absolute atomic E-state index is 0.335. The van der Waals surface area contributed by atoms with Gasteiger partial charge in [-0.25, -0.2) is 4.98 Å². The fourth-order valence-electron chi connectivity index (χ4n) is 2.56. The molecule has 0 saturated carbocycles. The number of ether oxygens (including phenoxy) is 1. The molecule has 4 nitrogen and oxygen atoms in total. The number of pyridine rings is 1. The largest absolute Gasteiger partial charge is 0.378 e. The molecule has 6 heteroatoms. The van der Waals surface area contributed by atoms with Gasteiger partial charge in [-0.2, -0.15) is 0 Å². The number of halogens is 2. The van der Waals surface area contributed by atoms with Crippen LogP contribution in [0.2, 0.25) is 10.0 Å². The minimum atomic E-state index is 0.335. The molecule has 0 spiro atoms. The van der Waals surface area contributed by atoms with Crippen LogP contribution in [0.1, 0.15) is 33.1 Å². The Morgan fingerprint density at radius 3 is 2.62 bits per heavy atom. The Bertz CT molecular complexity index is 470. The SMILES string of the molecule is CCCNc1nc(NCC2CCOC2CC)c(Cl)cc1Cl. The first-order chi connectivity index (χ1) is 10.2. The second-order valence-electron chi connectivity index (χ2n) is 5.32. The van der Waals surface area contributed by atoms with Gasteiger partial charge in [0.15, 0.2) is 0 Å². The number of hydrogen-bond donors (Lipinski definition) is 2. The molecule has 1 aromatic rings. The maximum Gasteiger partial charge on any atom is 0.147 e. The summed E-state index contributed by atoms with van der Waals surface area (Å²) in [6, 6.07) is 1.74. The summed E-state index contributed by atoms with van der Waals surface area (Å²) in [5, 5.41) is 7.65. The summed E-state index contributed by atoms with van der Waals surface area (Å²) in [6.07, 6.45) is 3.47. The van der Waals surface area contributed by atoms with Gasteiger partial charge in [-0.15, -0.1) is 0 Å². The summed E-state index contributed by atoms with van der Waals surface area (Å²) in [6.45, 7) is 6.75. The summed E-state index contributed by atoms with van der Waals surface area (Å²) in [5.74, 6) is 1.87. The lowest BCUT2D eigenvalue weighted by atomic mass is 10.00. The first-order valence-corrected chi connectivity index (χ1v) is 8.36. The number of anilines is 2. The predicted molar refractivity (Wildman–Crippen MR) is 89.7 cm³/mol. The summed E-state index contributed by atoms with van der Waals surface area (Å²) in [7, 11) is 0. The molecule has 0 aliphatic carbocycles. The van der Waals surface area contributed by atoms with Crippen molar-refractivity contribution in [3.63, 3.8) is 0 Å².